The maximum Gasteiger partial charge on any atom is 0.157 e. The third-order valence-corrected chi connectivity index (χ3v) is 3.40. The van der Waals surface area contributed by atoms with Crippen LogP contribution in [0.25, 0.3) is 5.65 Å². The Balaban J connectivity index is 1.57. The molecule has 0 spiro atoms. The standard InChI is InChI=1S/C14H18N4/c1-2-4-12(5-3-1)6-9-15-13-8-11-18-14(17-13)7-10-16-18/h4,7-8,10-11H,1-3,5-6,9H2,(H,15,17). The first kappa shape index (κ1) is 11.3. The van der Waals surface area contributed by atoms with Crippen LogP contribution in [0.5, 0.6) is 0 Å². The van der Waals surface area contributed by atoms with Gasteiger partial charge < -0.3 is 5.32 Å². The minimum absolute atomic E-state index is 0.886. The molecule has 4 heteroatoms. The molecule has 1 N–H and O–H groups in total. The highest BCUT2D eigenvalue weighted by molar-refractivity contribution is 5.45. The fourth-order valence-electron chi connectivity index (χ4n) is 2.39. The highest BCUT2D eigenvalue weighted by atomic mass is 15.2. The number of nitrogens with zero attached hydrogens (tertiary/aromatic N) is 3. The lowest BCUT2D eigenvalue weighted by atomic mass is 9.97. The summed E-state index contributed by atoms with van der Waals surface area (Å²) < 4.78 is 1.77. The molecule has 0 aliphatic heterocycles. The van der Waals surface area contributed by atoms with E-state index in [0.717, 1.165) is 24.4 Å². The van der Waals surface area contributed by atoms with Crippen LogP contribution in [0.4, 0.5) is 5.82 Å². The van der Waals surface area contributed by atoms with Crippen molar-refractivity contribution >= 4 is 11.5 Å². The molecule has 1 aliphatic carbocycles. The monoisotopic (exact) mass is 242 g/mol. The van der Waals surface area contributed by atoms with Crippen molar-refractivity contribution in [3.05, 3.63) is 36.2 Å². The summed E-state index contributed by atoms with van der Waals surface area (Å²) in [6, 6.07) is 3.88. The van der Waals surface area contributed by atoms with Crippen LogP contribution in [0.3, 0.4) is 0 Å². The van der Waals surface area contributed by atoms with Crippen LogP contribution >= 0.6 is 0 Å². The van der Waals surface area contributed by atoms with Crippen molar-refractivity contribution < 1.29 is 0 Å². The van der Waals surface area contributed by atoms with Crippen LogP contribution in [0.2, 0.25) is 0 Å². The van der Waals surface area contributed by atoms with Gasteiger partial charge in [-0.1, -0.05) is 11.6 Å². The Bertz CT molecular complexity index is 556. The Kier molecular flexibility index (Phi) is 3.26. The molecule has 0 unspecified atom stereocenters. The summed E-state index contributed by atoms with van der Waals surface area (Å²) >= 11 is 0. The second-order valence-electron chi connectivity index (χ2n) is 4.73. The van der Waals surface area contributed by atoms with Crippen molar-refractivity contribution in [1.82, 2.24) is 14.6 Å². The molecule has 0 amide bonds. The summed E-state index contributed by atoms with van der Waals surface area (Å²) in [5.41, 5.74) is 2.48. The number of allylic oxidation sites excluding steroid dienone is 1. The fourth-order valence-corrected chi connectivity index (χ4v) is 2.39. The van der Waals surface area contributed by atoms with Gasteiger partial charge in [0.25, 0.3) is 0 Å². The van der Waals surface area contributed by atoms with E-state index in [1.54, 1.807) is 16.3 Å². The predicted molar refractivity (Wildman–Crippen MR) is 72.6 cm³/mol. The van der Waals surface area contributed by atoms with Gasteiger partial charge in [0.15, 0.2) is 5.65 Å². The molecule has 94 valence electrons. The second kappa shape index (κ2) is 5.21. The predicted octanol–water partition coefficient (Wildman–Crippen LogP) is 3.03. The van der Waals surface area contributed by atoms with E-state index in [9.17, 15) is 0 Å². The van der Waals surface area contributed by atoms with Gasteiger partial charge in [-0.2, -0.15) is 5.10 Å². The molecule has 0 saturated heterocycles. The van der Waals surface area contributed by atoms with E-state index in [2.05, 4.69) is 21.5 Å². The number of hydrogen-bond donors (Lipinski definition) is 1. The molecule has 0 fully saturated rings. The normalized spacial score (nSPS) is 15.7. The smallest absolute Gasteiger partial charge is 0.157 e. The van der Waals surface area contributed by atoms with E-state index in [4.69, 9.17) is 0 Å². The van der Waals surface area contributed by atoms with Crippen molar-refractivity contribution in [3.8, 4) is 0 Å². The molecule has 0 radical (unpaired) electrons. The lowest BCUT2D eigenvalue weighted by Gasteiger charge is -2.13. The van der Waals surface area contributed by atoms with E-state index in [1.165, 1.54) is 25.7 Å². The minimum Gasteiger partial charge on any atom is -0.370 e. The maximum atomic E-state index is 4.49. The molecule has 2 heterocycles. The van der Waals surface area contributed by atoms with E-state index in [1.807, 2.05) is 18.3 Å². The Labute approximate surface area is 107 Å². The number of aromatic nitrogens is 3. The highest BCUT2D eigenvalue weighted by Gasteiger charge is 2.03. The highest BCUT2D eigenvalue weighted by Crippen LogP contribution is 2.19. The lowest BCUT2D eigenvalue weighted by molar-refractivity contribution is 0.679. The maximum absolute atomic E-state index is 4.49. The second-order valence-corrected chi connectivity index (χ2v) is 4.73. The third-order valence-electron chi connectivity index (χ3n) is 3.40. The topological polar surface area (TPSA) is 42.2 Å². The van der Waals surface area contributed by atoms with Gasteiger partial charge in [0.2, 0.25) is 0 Å². The summed E-state index contributed by atoms with van der Waals surface area (Å²) in [6.45, 7) is 0.961. The van der Waals surface area contributed by atoms with Crippen LogP contribution in [0.1, 0.15) is 32.1 Å². The van der Waals surface area contributed by atoms with Gasteiger partial charge >= 0.3 is 0 Å². The van der Waals surface area contributed by atoms with Crippen molar-refractivity contribution in [2.24, 2.45) is 0 Å². The molecule has 4 nitrogen and oxygen atoms in total. The molecule has 0 bridgehead atoms. The fraction of sp³-hybridized carbons (Fsp3) is 0.429. The average Bonchev–Trinajstić information content (AvgIpc) is 2.87. The summed E-state index contributed by atoms with van der Waals surface area (Å²) in [5, 5.41) is 7.51. The average molecular weight is 242 g/mol. The van der Waals surface area contributed by atoms with E-state index >= 15 is 0 Å². The zero-order chi connectivity index (χ0) is 12.2. The molecule has 3 rings (SSSR count). The van der Waals surface area contributed by atoms with Crippen LogP contribution in [-0.4, -0.2) is 21.1 Å². The molecule has 1 aliphatic rings. The SMILES string of the molecule is C1=C(CCNc2ccn3nccc3n2)CCCC1. The van der Waals surface area contributed by atoms with E-state index in [-0.39, 0.29) is 0 Å². The van der Waals surface area contributed by atoms with Gasteiger partial charge in [0, 0.05) is 18.8 Å². The zero-order valence-electron chi connectivity index (χ0n) is 10.5. The molecular weight excluding hydrogens is 224 g/mol. The van der Waals surface area contributed by atoms with E-state index in [0.29, 0.717) is 0 Å². The van der Waals surface area contributed by atoms with E-state index < -0.39 is 0 Å². The number of anilines is 1. The van der Waals surface area contributed by atoms with Gasteiger partial charge in [-0.3, -0.25) is 0 Å². The number of nitrogens with one attached hydrogen (secondary N) is 1. The van der Waals surface area contributed by atoms with Crippen LogP contribution in [0, 0.1) is 0 Å². The molecule has 0 saturated carbocycles. The molecular formula is C14H18N4. The van der Waals surface area contributed by atoms with Crippen LogP contribution in [-0.2, 0) is 0 Å². The van der Waals surface area contributed by atoms with Gasteiger partial charge in [0.05, 0.1) is 6.20 Å². The quantitative estimate of drug-likeness (QED) is 0.838. The molecule has 2 aromatic heterocycles. The van der Waals surface area contributed by atoms with Gasteiger partial charge in [-0.25, -0.2) is 9.50 Å². The van der Waals surface area contributed by atoms with Crippen LogP contribution in [0.15, 0.2) is 36.2 Å². The summed E-state index contributed by atoms with van der Waals surface area (Å²) in [4.78, 5) is 4.49. The molecule has 0 aromatic carbocycles. The molecule has 0 atom stereocenters. The molecule has 2 aromatic rings. The first-order valence-corrected chi connectivity index (χ1v) is 6.64. The zero-order valence-corrected chi connectivity index (χ0v) is 10.5. The first-order chi connectivity index (χ1) is 8.92. The summed E-state index contributed by atoms with van der Waals surface area (Å²) in [7, 11) is 0. The van der Waals surface area contributed by atoms with Gasteiger partial charge in [-0.15, -0.1) is 0 Å². The Hall–Kier alpha value is -1.84. The summed E-state index contributed by atoms with van der Waals surface area (Å²) in [6.07, 6.45) is 12.5. The van der Waals surface area contributed by atoms with Crippen molar-refractivity contribution in [3.63, 3.8) is 0 Å². The largest absolute Gasteiger partial charge is 0.370 e. The van der Waals surface area contributed by atoms with Gasteiger partial charge in [-0.05, 0) is 38.2 Å². The number of hydrogen-bond acceptors (Lipinski definition) is 3. The summed E-state index contributed by atoms with van der Waals surface area (Å²) in [5.74, 6) is 0.930. The van der Waals surface area contributed by atoms with Crippen molar-refractivity contribution in [2.75, 3.05) is 11.9 Å². The van der Waals surface area contributed by atoms with Crippen molar-refractivity contribution in [1.29, 1.82) is 0 Å². The minimum atomic E-state index is 0.886. The van der Waals surface area contributed by atoms with Gasteiger partial charge in [0.1, 0.15) is 5.82 Å². The third kappa shape index (κ3) is 2.53. The Morgan fingerprint density at radius 3 is 3.17 bits per heavy atom. The Morgan fingerprint density at radius 1 is 1.28 bits per heavy atom. The van der Waals surface area contributed by atoms with Crippen LogP contribution < -0.4 is 5.32 Å². The number of fused-ring (bicyclic) bond motifs is 1. The lowest BCUT2D eigenvalue weighted by Crippen LogP contribution is -2.06. The Morgan fingerprint density at radius 2 is 2.28 bits per heavy atom. The molecule has 18 heavy (non-hydrogen) atoms. The first-order valence-electron chi connectivity index (χ1n) is 6.64. The number of rotatable bonds is 4. The van der Waals surface area contributed by atoms with Crippen molar-refractivity contribution in [2.45, 2.75) is 32.1 Å².